The van der Waals surface area contributed by atoms with Crippen LogP contribution in [0.2, 0.25) is 0 Å². The van der Waals surface area contributed by atoms with Gasteiger partial charge in [0.1, 0.15) is 5.82 Å². The summed E-state index contributed by atoms with van der Waals surface area (Å²) in [5.74, 6) is -0.282. The zero-order chi connectivity index (χ0) is 28.9. The fourth-order valence-electron chi connectivity index (χ4n) is 6.11. The van der Waals surface area contributed by atoms with Crippen molar-refractivity contribution in [1.29, 1.82) is 0 Å². The Kier molecular flexibility index (Phi) is 9.38. The van der Waals surface area contributed by atoms with Crippen molar-refractivity contribution < 1.29 is 18.7 Å². The first-order valence-electron chi connectivity index (χ1n) is 14.8. The molecule has 2 saturated heterocycles. The fraction of sp³-hybridized carbons (Fsp3) is 0.441. The van der Waals surface area contributed by atoms with E-state index >= 15 is 4.39 Å². The highest BCUT2D eigenvalue weighted by Crippen LogP contribution is 2.37. The fourth-order valence-corrected chi connectivity index (χ4v) is 6.11. The molecule has 0 atom stereocenters. The lowest BCUT2D eigenvalue weighted by Gasteiger charge is -2.40. The molecule has 0 saturated carbocycles. The van der Waals surface area contributed by atoms with Crippen molar-refractivity contribution in [3.8, 4) is 0 Å². The molecule has 0 aromatic heterocycles. The minimum Gasteiger partial charge on any atom is -0.346 e. The normalized spacial score (nSPS) is 17.0. The number of likely N-dealkylation sites (tertiary alicyclic amines) is 1. The second kappa shape index (κ2) is 13.1. The van der Waals surface area contributed by atoms with Crippen molar-refractivity contribution >= 4 is 17.3 Å². The van der Waals surface area contributed by atoms with Gasteiger partial charge in [0.2, 0.25) is 0 Å². The van der Waals surface area contributed by atoms with Crippen LogP contribution in [0.1, 0.15) is 68.3 Å². The topological polar surface area (TPSA) is 45.3 Å². The Morgan fingerprint density at radius 2 is 1.54 bits per heavy atom. The van der Waals surface area contributed by atoms with Gasteiger partial charge in [0.25, 0.3) is 5.91 Å². The van der Waals surface area contributed by atoms with Crippen LogP contribution in [0.25, 0.3) is 0 Å². The summed E-state index contributed by atoms with van der Waals surface area (Å²) in [5.41, 5.74) is 4.12. The van der Waals surface area contributed by atoms with E-state index in [4.69, 9.17) is 9.47 Å². The van der Waals surface area contributed by atoms with Gasteiger partial charge in [-0.1, -0.05) is 36.4 Å². The number of ether oxygens (including phenoxy) is 2. The molecule has 218 valence electrons. The number of carbonyl (C=O) groups is 1. The number of piperidine rings is 1. The lowest BCUT2D eigenvalue weighted by Crippen LogP contribution is -2.43. The van der Waals surface area contributed by atoms with Crippen LogP contribution in [0.3, 0.4) is 0 Å². The number of benzene rings is 3. The highest BCUT2D eigenvalue weighted by atomic mass is 19.1. The Balaban J connectivity index is 1.43. The molecule has 0 radical (unpaired) electrons. The zero-order valence-electron chi connectivity index (χ0n) is 24.6. The van der Waals surface area contributed by atoms with Gasteiger partial charge in [-0.3, -0.25) is 9.69 Å². The van der Waals surface area contributed by atoms with Gasteiger partial charge in [-0.05, 0) is 82.5 Å². The molecule has 0 aliphatic carbocycles. The van der Waals surface area contributed by atoms with Gasteiger partial charge >= 0.3 is 0 Å². The summed E-state index contributed by atoms with van der Waals surface area (Å²) < 4.78 is 27.1. The molecule has 0 N–H and O–H groups in total. The minimum absolute atomic E-state index is 0.00558. The van der Waals surface area contributed by atoms with Crippen molar-refractivity contribution in [3.63, 3.8) is 0 Å². The monoisotopic (exact) mass is 559 g/mol. The molecule has 6 nitrogen and oxygen atoms in total. The Bertz CT molecular complexity index is 1280. The number of anilines is 2. The van der Waals surface area contributed by atoms with Crippen molar-refractivity contribution in [2.75, 3.05) is 31.2 Å². The Morgan fingerprint density at radius 3 is 2.15 bits per heavy atom. The SMILES string of the molecule is CC(C)N(C(=O)c1ccc(N(c2cc(C3OCCO3)ccc2F)C2CCN(Cc3ccccc3)CC2)cc1)C(C)C. The quantitative estimate of drug-likeness (QED) is 0.284. The van der Waals surface area contributed by atoms with E-state index in [0.717, 1.165) is 43.7 Å². The summed E-state index contributed by atoms with van der Waals surface area (Å²) in [5, 5.41) is 0. The van der Waals surface area contributed by atoms with E-state index in [-0.39, 0.29) is 29.8 Å². The molecule has 5 rings (SSSR count). The predicted molar refractivity (Wildman–Crippen MR) is 161 cm³/mol. The standard InChI is InChI=1S/C34H42FN3O3/c1-24(2)37(25(3)4)33(39)27-10-13-29(14-11-27)38(32-22-28(12-15-31(32)35)34-40-20-21-41-34)30-16-18-36(19-17-30)23-26-8-6-5-7-9-26/h5-15,22,24-25,30,34H,16-21,23H2,1-4H3. The summed E-state index contributed by atoms with van der Waals surface area (Å²) in [6, 6.07) is 23.6. The Morgan fingerprint density at radius 1 is 0.902 bits per heavy atom. The van der Waals surface area contributed by atoms with Gasteiger partial charge in [-0.25, -0.2) is 4.39 Å². The average molecular weight is 560 g/mol. The van der Waals surface area contributed by atoms with Crippen LogP contribution < -0.4 is 4.90 Å². The molecule has 3 aromatic rings. The number of hydrogen-bond acceptors (Lipinski definition) is 5. The molecular weight excluding hydrogens is 517 g/mol. The third-order valence-corrected chi connectivity index (χ3v) is 8.03. The number of carbonyl (C=O) groups excluding carboxylic acids is 1. The second-order valence-corrected chi connectivity index (χ2v) is 11.6. The molecule has 2 aliphatic heterocycles. The van der Waals surface area contributed by atoms with Gasteiger partial charge in [-0.2, -0.15) is 0 Å². The zero-order valence-corrected chi connectivity index (χ0v) is 24.6. The maximum Gasteiger partial charge on any atom is 0.254 e. The van der Waals surface area contributed by atoms with Crippen LogP contribution in [0.4, 0.5) is 15.8 Å². The van der Waals surface area contributed by atoms with E-state index in [1.165, 1.54) is 11.6 Å². The summed E-state index contributed by atoms with van der Waals surface area (Å²) in [4.78, 5) is 19.8. The van der Waals surface area contributed by atoms with Gasteiger partial charge in [-0.15, -0.1) is 0 Å². The highest BCUT2D eigenvalue weighted by Gasteiger charge is 2.30. The minimum atomic E-state index is -0.484. The van der Waals surface area contributed by atoms with Gasteiger partial charge in [0, 0.05) is 54.6 Å². The molecule has 3 aromatic carbocycles. The van der Waals surface area contributed by atoms with Crippen LogP contribution >= 0.6 is 0 Å². The van der Waals surface area contributed by atoms with E-state index in [2.05, 4.69) is 34.1 Å². The molecular formula is C34H42FN3O3. The molecule has 2 aliphatic rings. The maximum absolute atomic E-state index is 15.6. The van der Waals surface area contributed by atoms with E-state index in [1.807, 2.05) is 69.0 Å². The average Bonchev–Trinajstić information content (AvgIpc) is 3.51. The van der Waals surface area contributed by atoms with Gasteiger partial charge in [0.15, 0.2) is 6.29 Å². The predicted octanol–water partition coefficient (Wildman–Crippen LogP) is 6.93. The number of amides is 1. The highest BCUT2D eigenvalue weighted by molar-refractivity contribution is 5.95. The van der Waals surface area contributed by atoms with Crippen molar-refractivity contribution in [3.05, 3.63) is 95.3 Å². The smallest absolute Gasteiger partial charge is 0.254 e. The summed E-state index contributed by atoms with van der Waals surface area (Å²) in [7, 11) is 0. The van der Waals surface area contributed by atoms with Crippen molar-refractivity contribution in [2.45, 2.75) is 71.5 Å². The number of hydrogen-bond donors (Lipinski definition) is 0. The number of rotatable bonds is 9. The van der Waals surface area contributed by atoms with Crippen molar-refractivity contribution in [2.24, 2.45) is 0 Å². The molecule has 7 heteroatoms. The van der Waals surface area contributed by atoms with E-state index in [1.54, 1.807) is 6.07 Å². The third kappa shape index (κ3) is 6.80. The van der Waals surface area contributed by atoms with Crippen LogP contribution in [0.15, 0.2) is 72.8 Å². The number of halogens is 1. The van der Waals surface area contributed by atoms with Gasteiger partial charge in [0.05, 0.1) is 18.9 Å². The molecule has 41 heavy (non-hydrogen) atoms. The molecule has 0 spiro atoms. The largest absolute Gasteiger partial charge is 0.346 e. The van der Waals surface area contributed by atoms with Crippen LogP contribution in [0, 0.1) is 5.82 Å². The first-order valence-corrected chi connectivity index (χ1v) is 14.8. The molecule has 2 fully saturated rings. The molecule has 0 bridgehead atoms. The number of nitrogens with zero attached hydrogens (tertiary/aromatic N) is 3. The Hall–Kier alpha value is -3.26. The van der Waals surface area contributed by atoms with E-state index < -0.39 is 6.29 Å². The third-order valence-electron chi connectivity index (χ3n) is 8.03. The molecule has 1 amide bonds. The van der Waals surface area contributed by atoms with E-state index in [0.29, 0.717) is 24.5 Å². The second-order valence-electron chi connectivity index (χ2n) is 11.6. The van der Waals surface area contributed by atoms with Crippen LogP contribution in [-0.4, -0.2) is 60.1 Å². The van der Waals surface area contributed by atoms with Crippen LogP contribution in [0.5, 0.6) is 0 Å². The van der Waals surface area contributed by atoms with E-state index in [9.17, 15) is 4.79 Å². The lowest BCUT2D eigenvalue weighted by atomic mass is 9.99. The van der Waals surface area contributed by atoms with Crippen molar-refractivity contribution in [1.82, 2.24) is 9.80 Å². The first kappa shape index (κ1) is 29.2. The maximum atomic E-state index is 15.6. The first-order chi connectivity index (χ1) is 19.8. The molecule has 0 unspecified atom stereocenters. The van der Waals surface area contributed by atoms with Gasteiger partial charge < -0.3 is 19.3 Å². The molecule has 2 heterocycles. The Labute approximate surface area is 243 Å². The summed E-state index contributed by atoms with van der Waals surface area (Å²) >= 11 is 0. The summed E-state index contributed by atoms with van der Waals surface area (Å²) in [6.45, 7) is 11.9. The van der Waals surface area contributed by atoms with Crippen LogP contribution in [-0.2, 0) is 16.0 Å². The summed E-state index contributed by atoms with van der Waals surface area (Å²) in [6.07, 6.45) is 1.30. The lowest BCUT2D eigenvalue weighted by molar-refractivity contribution is -0.0441.